The lowest BCUT2D eigenvalue weighted by molar-refractivity contribution is -0.120. The Morgan fingerprint density at radius 1 is 0.966 bits per heavy atom. The van der Waals surface area contributed by atoms with Crippen LogP contribution in [0.5, 0.6) is 0 Å². The molecule has 2 aromatic carbocycles. The molecule has 2 rings (SSSR count). The first-order valence-electron chi connectivity index (χ1n) is 9.77. The Bertz CT molecular complexity index is 860. The maximum atomic E-state index is 12.8. The van der Waals surface area contributed by atoms with Crippen molar-refractivity contribution < 1.29 is 14.4 Å². The summed E-state index contributed by atoms with van der Waals surface area (Å²) in [6.45, 7) is 5.88. The van der Waals surface area contributed by atoms with Crippen molar-refractivity contribution in [3.05, 3.63) is 65.2 Å². The summed E-state index contributed by atoms with van der Waals surface area (Å²) in [6.07, 6.45) is 0.811. The zero-order valence-electron chi connectivity index (χ0n) is 17.4. The molecule has 0 fully saturated rings. The second kappa shape index (κ2) is 10.4. The van der Waals surface area contributed by atoms with Gasteiger partial charge in [-0.2, -0.15) is 0 Å². The number of amides is 3. The van der Waals surface area contributed by atoms with Gasteiger partial charge in [-0.3, -0.25) is 14.4 Å². The third-order valence-corrected chi connectivity index (χ3v) is 4.58. The van der Waals surface area contributed by atoms with E-state index in [0.717, 1.165) is 11.1 Å². The van der Waals surface area contributed by atoms with E-state index in [0.29, 0.717) is 17.7 Å². The summed E-state index contributed by atoms with van der Waals surface area (Å²) in [4.78, 5) is 36.9. The molecule has 0 bridgehead atoms. The molecule has 0 aliphatic heterocycles. The van der Waals surface area contributed by atoms with Crippen LogP contribution in [0.25, 0.3) is 0 Å². The summed E-state index contributed by atoms with van der Waals surface area (Å²) in [6, 6.07) is 13.8. The van der Waals surface area contributed by atoms with Crippen molar-refractivity contribution in [2.75, 3.05) is 12.4 Å². The number of rotatable bonds is 8. The van der Waals surface area contributed by atoms with Crippen molar-refractivity contribution in [3.8, 4) is 0 Å². The fourth-order valence-corrected chi connectivity index (χ4v) is 2.98. The fourth-order valence-electron chi connectivity index (χ4n) is 2.98. The minimum absolute atomic E-state index is 0.0716. The Labute approximate surface area is 172 Å². The molecule has 0 spiro atoms. The molecule has 6 nitrogen and oxygen atoms in total. The number of anilines is 1. The number of carbonyl (C=O) groups excluding carboxylic acids is 3. The Kier molecular flexibility index (Phi) is 7.95. The lowest BCUT2D eigenvalue weighted by atomic mass is 10.0. The summed E-state index contributed by atoms with van der Waals surface area (Å²) >= 11 is 0. The van der Waals surface area contributed by atoms with Crippen LogP contribution in [0, 0.1) is 12.8 Å². The normalized spacial score (nSPS) is 11.6. The van der Waals surface area contributed by atoms with Crippen LogP contribution in [0.4, 0.5) is 5.69 Å². The molecule has 3 amide bonds. The van der Waals surface area contributed by atoms with Crippen LogP contribution in [0.1, 0.15) is 41.8 Å². The molecule has 29 heavy (non-hydrogen) atoms. The molecule has 1 atom stereocenters. The lowest BCUT2D eigenvalue weighted by Gasteiger charge is -2.21. The number of hydrogen-bond acceptors (Lipinski definition) is 3. The summed E-state index contributed by atoms with van der Waals surface area (Å²) in [7, 11) is 1.59. The summed E-state index contributed by atoms with van der Waals surface area (Å²) in [5, 5.41) is 8.31. The number of nitrogens with one attached hydrogen (secondary N) is 3. The van der Waals surface area contributed by atoms with Crippen molar-refractivity contribution in [2.45, 2.75) is 39.7 Å². The number of likely N-dealkylation sites (N-methyl/N-ethyl adjacent to an activating group) is 1. The molecule has 2 aromatic rings. The van der Waals surface area contributed by atoms with Crippen LogP contribution >= 0.6 is 0 Å². The van der Waals surface area contributed by atoms with Gasteiger partial charge in [-0.05, 0) is 48.6 Å². The first-order valence-corrected chi connectivity index (χ1v) is 9.77. The number of aryl methyl sites for hydroxylation is 1. The van der Waals surface area contributed by atoms with Gasteiger partial charge in [-0.1, -0.05) is 44.2 Å². The Balaban J connectivity index is 2.07. The minimum atomic E-state index is -0.646. The topological polar surface area (TPSA) is 87.3 Å². The van der Waals surface area contributed by atoms with E-state index in [-0.39, 0.29) is 30.1 Å². The molecule has 0 saturated heterocycles. The predicted molar refractivity (Wildman–Crippen MR) is 115 cm³/mol. The highest BCUT2D eigenvalue weighted by atomic mass is 16.2. The molecule has 1 unspecified atom stereocenters. The molecule has 154 valence electrons. The maximum absolute atomic E-state index is 12.8. The molecular formula is C23H29N3O3. The number of carbonyl (C=O) groups is 3. The van der Waals surface area contributed by atoms with Crippen molar-refractivity contribution in [3.63, 3.8) is 0 Å². The monoisotopic (exact) mass is 395 g/mol. The smallest absolute Gasteiger partial charge is 0.252 e. The molecule has 0 radical (unpaired) electrons. The highest BCUT2D eigenvalue weighted by Gasteiger charge is 2.23. The average Bonchev–Trinajstić information content (AvgIpc) is 2.68. The van der Waals surface area contributed by atoms with E-state index in [2.05, 4.69) is 16.0 Å². The van der Waals surface area contributed by atoms with Gasteiger partial charge < -0.3 is 16.0 Å². The maximum Gasteiger partial charge on any atom is 0.252 e. The second-order valence-corrected chi connectivity index (χ2v) is 7.51. The van der Waals surface area contributed by atoms with Gasteiger partial charge in [0.15, 0.2) is 0 Å². The Hall–Kier alpha value is -3.15. The lowest BCUT2D eigenvalue weighted by Crippen LogP contribution is -2.44. The third kappa shape index (κ3) is 6.75. The van der Waals surface area contributed by atoms with Gasteiger partial charge in [0.25, 0.3) is 5.91 Å². The molecule has 0 saturated carbocycles. The van der Waals surface area contributed by atoms with E-state index >= 15 is 0 Å². The summed E-state index contributed by atoms with van der Waals surface area (Å²) in [5.41, 5.74) is 2.90. The molecule has 3 N–H and O–H groups in total. The van der Waals surface area contributed by atoms with Crippen molar-refractivity contribution in [1.82, 2.24) is 10.6 Å². The van der Waals surface area contributed by atoms with Gasteiger partial charge in [-0.15, -0.1) is 0 Å². The first-order chi connectivity index (χ1) is 13.8. The number of hydrogen-bond donors (Lipinski definition) is 3. The van der Waals surface area contributed by atoms with Crippen LogP contribution in [-0.2, 0) is 16.0 Å². The molecular weight excluding hydrogens is 366 g/mol. The highest BCUT2D eigenvalue weighted by Crippen LogP contribution is 2.14. The van der Waals surface area contributed by atoms with Gasteiger partial charge in [0.05, 0.1) is 6.42 Å². The Morgan fingerprint density at radius 2 is 1.62 bits per heavy atom. The molecule has 0 aromatic heterocycles. The quantitative estimate of drug-likeness (QED) is 0.642. The summed E-state index contributed by atoms with van der Waals surface area (Å²) in [5.74, 6) is -0.361. The zero-order chi connectivity index (χ0) is 21.4. The van der Waals surface area contributed by atoms with Crippen LogP contribution in [0.3, 0.4) is 0 Å². The van der Waals surface area contributed by atoms with Gasteiger partial charge in [0, 0.05) is 18.3 Å². The summed E-state index contributed by atoms with van der Waals surface area (Å²) < 4.78 is 0. The van der Waals surface area contributed by atoms with Crippen molar-refractivity contribution in [1.29, 1.82) is 0 Å². The SMILES string of the molecule is CNC(=O)Cc1ccc(NC(=O)C(CC(C)C)NC(=O)c2ccccc2C)cc1. The molecule has 6 heteroatoms. The van der Waals surface area contributed by atoms with E-state index in [1.165, 1.54) is 0 Å². The minimum Gasteiger partial charge on any atom is -0.359 e. The van der Waals surface area contributed by atoms with Gasteiger partial charge in [0.2, 0.25) is 11.8 Å². The van der Waals surface area contributed by atoms with E-state index in [4.69, 9.17) is 0 Å². The van der Waals surface area contributed by atoms with Crippen molar-refractivity contribution in [2.24, 2.45) is 5.92 Å². The van der Waals surface area contributed by atoms with Gasteiger partial charge >= 0.3 is 0 Å². The highest BCUT2D eigenvalue weighted by molar-refractivity contribution is 6.01. The fraction of sp³-hybridized carbons (Fsp3) is 0.348. The predicted octanol–water partition coefficient (Wildman–Crippen LogP) is 3.07. The van der Waals surface area contributed by atoms with E-state index < -0.39 is 6.04 Å². The number of benzene rings is 2. The van der Waals surface area contributed by atoms with Gasteiger partial charge in [-0.25, -0.2) is 0 Å². The molecule has 0 aliphatic rings. The van der Waals surface area contributed by atoms with E-state index in [1.54, 1.807) is 43.4 Å². The average molecular weight is 396 g/mol. The van der Waals surface area contributed by atoms with Crippen molar-refractivity contribution >= 4 is 23.4 Å². The Morgan fingerprint density at radius 3 is 2.21 bits per heavy atom. The second-order valence-electron chi connectivity index (χ2n) is 7.51. The first kappa shape index (κ1) is 22.1. The standard InChI is InChI=1S/C23H29N3O3/c1-15(2)13-20(26-22(28)19-8-6-5-7-16(19)3)23(29)25-18-11-9-17(10-12-18)14-21(27)24-4/h5-12,15,20H,13-14H2,1-4H3,(H,24,27)(H,25,29)(H,26,28). The zero-order valence-corrected chi connectivity index (χ0v) is 17.4. The van der Waals surface area contributed by atoms with Crippen LogP contribution in [-0.4, -0.2) is 30.8 Å². The van der Waals surface area contributed by atoms with Crippen LogP contribution in [0.2, 0.25) is 0 Å². The van der Waals surface area contributed by atoms with Crippen LogP contribution in [0.15, 0.2) is 48.5 Å². The molecule has 0 heterocycles. The van der Waals surface area contributed by atoms with Gasteiger partial charge in [0.1, 0.15) is 6.04 Å². The third-order valence-electron chi connectivity index (χ3n) is 4.58. The van der Waals surface area contributed by atoms with Crippen LogP contribution < -0.4 is 16.0 Å². The molecule has 0 aliphatic carbocycles. The van der Waals surface area contributed by atoms with E-state index in [9.17, 15) is 14.4 Å². The largest absolute Gasteiger partial charge is 0.359 e. The van der Waals surface area contributed by atoms with E-state index in [1.807, 2.05) is 32.9 Å².